The highest BCUT2D eigenvalue weighted by Gasteiger charge is 2.27. The van der Waals surface area contributed by atoms with Crippen molar-refractivity contribution in [2.24, 2.45) is 0 Å². The number of benzene rings is 3. The van der Waals surface area contributed by atoms with Gasteiger partial charge in [-0.25, -0.2) is 0 Å². The number of carbonyl (C=O) groups excluding carboxylic acids is 1. The van der Waals surface area contributed by atoms with Gasteiger partial charge < -0.3 is 5.32 Å². The first-order valence-electron chi connectivity index (χ1n) is 7.46. The van der Waals surface area contributed by atoms with E-state index in [1.165, 1.54) is 21.6 Å². The van der Waals surface area contributed by atoms with Crippen molar-refractivity contribution < 1.29 is 4.79 Å². The molecule has 2 nitrogen and oxygen atoms in total. The molecule has 0 atom stereocenters. The summed E-state index contributed by atoms with van der Waals surface area (Å²) in [5.74, 6) is -0.0529. The number of nitrogens with one attached hydrogen (secondary N) is 1. The molecular weight excluding hydrogens is 302 g/mol. The number of hydrogen-bond donors (Lipinski definition) is 1. The minimum atomic E-state index is -0.148. The fourth-order valence-corrected chi connectivity index (χ4v) is 4.48. The van der Waals surface area contributed by atoms with Crippen LogP contribution in [0.1, 0.15) is 6.92 Å². The van der Waals surface area contributed by atoms with Gasteiger partial charge in [-0.2, -0.15) is 0 Å². The first-order valence-corrected chi connectivity index (χ1v) is 8.68. The molecule has 0 aromatic heterocycles. The summed E-state index contributed by atoms with van der Waals surface area (Å²) >= 11 is 0. The van der Waals surface area contributed by atoms with Crippen LogP contribution in [-0.2, 0) is 15.7 Å². The van der Waals surface area contributed by atoms with Crippen molar-refractivity contribution in [2.45, 2.75) is 21.6 Å². The second-order valence-corrected chi connectivity index (χ2v) is 7.16. The van der Waals surface area contributed by atoms with Crippen LogP contribution in [0.5, 0.6) is 0 Å². The van der Waals surface area contributed by atoms with Crippen LogP contribution < -0.4 is 5.32 Å². The van der Waals surface area contributed by atoms with Gasteiger partial charge in [-0.1, -0.05) is 36.4 Å². The van der Waals surface area contributed by atoms with Crippen molar-refractivity contribution in [3.05, 3.63) is 84.9 Å². The van der Waals surface area contributed by atoms with E-state index in [-0.39, 0.29) is 16.8 Å². The van der Waals surface area contributed by atoms with E-state index in [0.29, 0.717) is 0 Å². The summed E-state index contributed by atoms with van der Waals surface area (Å²) in [6.45, 7) is 1.52. The molecule has 3 aromatic rings. The predicted molar refractivity (Wildman–Crippen MR) is 95.8 cm³/mol. The number of anilines is 1. The van der Waals surface area contributed by atoms with Crippen LogP contribution in [0.25, 0.3) is 0 Å². The number of carbonyl (C=O) groups is 1. The molecule has 0 aliphatic rings. The fourth-order valence-electron chi connectivity index (χ4n) is 2.40. The highest BCUT2D eigenvalue weighted by molar-refractivity contribution is 7.97. The van der Waals surface area contributed by atoms with Crippen molar-refractivity contribution in [1.29, 1.82) is 0 Å². The van der Waals surface area contributed by atoms with E-state index in [0.717, 1.165) is 5.69 Å². The summed E-state index contributed by atoms with van der Waals surface area (Å²) in [4.78, 5) is 15.0. The summed E-state index contributed by atoms with van der Waals surface area (Å²) in [5.41, 5.74) is 0.825. The van der Waals surface area contributed by atoms with E-state index in [1.807, 2.05) is 24.3 Å². The Balaban J connectivity index is 2.00. The van der Waals surface area contributed by atoms with Gasteiger partial charge in [-0.15, -0.1) is 0 Å². The van der Waals surface area contributed by atoms with Gasteiger partial charge in [-0.05, 0) is 48.5 Å². The minimum absolute atomic E-state index is 0.0529. The van der Waals surface area contributed by atoms with Crippen molar-refractivity contribution in [3.63, 3.8) is 0 Å². The summed E-state index contributed by atoms with van der Waals surface area (Å²) in [7, 11) is -0.148. The van der Waals surface area contributed by atoms with Gasteiger partial charge in [0.25, 0.3) is 0 Å². The van der Waals surface area contributed by atoms with Crippen LogP contribution in [0.2, 0.25) is 0 Å². The number of hydrogen-bond acceptors (Lipinski definition) is 1. The Labute approximate surface area is 139 Å². The normalized spacial score (nSPS) is 10.5. The van der Waals surface area contributed by atoms with Crippen LogP contribution in [-0.4, -0.2) is 5.91 Å². The van der Waals surface area contributed by atoms with E-state index in [9.17, 15) is 4.79 Å². The molecule has 0 heterocycles. The second-order valence-electron chi connectivity index (χ2n) is 5.14. The van der Waals surface area contributed by atoms with Crippen molar-refractivity contribution >= 4 is 22.5 Å². The third-order valence-corrected chi connectivity index (χ3v) is 5.60. The predicted octanol–water partition coefficient (Wildman–Crippen LogP) is 4.74. The molecule has 0 spiro atoms. The summed E-state index contributed by atoms with van der Waals surface area (Å²) in [6.07, 6.45) is 0. The van der Waals surface area contributed by atoms with Crippen molar-refractivity contribution in [3.8, 4) is 0 Å². The van der Waals surface area contributed by atoms with Crippen molar-refractivity contribution in [1.82, 2.24) is 0 Å². The molecule has 0 aliphatic heterocycles. The topological polar surface area (TPSA) is 29.1 Å². The molecule has 0 unspecified atom stereocenters. The lowest BCUT2D eigenvalue weighted by molar-refractivity contribution is -0.114. The zero-order chi connectivity index (χ0) is 16.1. The third kappa shape index (κ3) is 3.82. The summed E-state index contributed by atoms with van der Waals surface area (Å²) in [6, 6.07) is 29.1. The first kappa shape index (κ1) is 15.4. The van der Waals surface area contributed by atoms with E-state index < -0.39 is 0 Å². The van der Waals surface area contributed by atoms with Crippen LogP contribution >= 0.6 is 0 Å². The van der Waals surface area contributed by atoms with Crippen LogP contribution in [0.4, 0.5) is 5.69 Å². The summed E-state index contributed by atoms with van der Waals surface area (Å²) in [5, 5.41) is 2.81. The molecular formula is C20H18NOS+. The molecule has 0 saturated heterocycles. The zero-order valence-corrected chi connectivity index (χ0v) is 13.7. The quantitative estimate of drug-likeness (QED) is 0.691. The van der Waals surface area contributed by atoms with Gasteiger partial charge in [0.15, 0.2) is 14.7 Å². The molecule has 1 N–H and O–H groups in total. The van der Waals surface area contributed by atoms with E-state index >= 15 is 0 Å². The lowest BCUT2D eigenvalue weighted by Gasteiger charge is -2.08. The molecule has 0 bridgehead atoms. The van der Waals surface area contributed by atoms with Crippen LogP contribution in [0, 0.1) is 0 Å². The average molecular weight is 320 g/mol. The first-order chi connectivity index (χ1) is 11.2. The largest absolute Gasteiger partial charge is 0.326 e. The SMILES string of the molecule is CC(=O)Nc1ccc([S+](c2ccccc2)c2ccccc2)cc1. The Hall–Kier alpha value is -2.52. The Bertz CT molecular complexity index is 730. The van der Waals surface area contributed by atoms with Crippen LogP contribution in [0.3, 0.4) is 0 Å². The molecule has 3 aromatic carbocycles. The smallest absolute Gasteiger partial charge is 0.221 e. The maximum atomic E-state index is 11.2. The maximum Gasteiger partial charge on any atom is 0.221 e. The van der Waals surface area contributed by atoms with E-state index in [4.69, 9.17) is 0 Å². The summed E-state index contributed by atoms with van der Waals surface area (Å²) < 4.78 is 0. The maximum absolute atomic E-state index is 11.2. The molecule has 3 rings (SSSR count). The van der Waals surface area contributed by atoms with Gasteiger partial charge >= 0.3 is 0 Å². The fraction of sp³-hybridized carbons (Fsp3) is 0.0500. The Morgan fingerprint density at radius 1 is 0.696 bits per heavy atom. The second kappa shape index (κ2) is 7.16. The molecule has 3 heteroatoms. The van der Waals surface area contributed by atoms with Crippen LogP contribution in [0.15, 0.2) is 99.6 Å². The molecule has 0 fully saturated rings. The van der Waals surface area contributed by atoms with Gasteiger partial charge in [0.2, 0.25) is 5.91 Å². The third-order valence-electron chi connectivity index (χ3n) is 3.37. The molecule has 0 radical (unpaired) electrons. The lowest BCUT2D eigenvalue weighted by atomic mass is 10.3. The Morgan fingerprint density at radius 2 is 1.13 bits per heavy atom. The van der Waals surface area contributed by atoms with E-state index in [1.54, 1.807) is 0 Å². The molecule has 0 aliphatic carbocycles. The lowest BCUT2D eigenvalue weighted by Crippen LogP contribution is -2.07. The average Bonchev–Trinajstić information content (AvgIpc) is 2.58. The Morgan fingerprint density at radius 3 is 1.57 bits per heavy atom. The zero-order valence-electron chi connectivity index (χ0n) is 12.9. The van der Waals surface area contributed by atoms with E-state index in [2.05, 4.69) is 66.0 Å². The van der Waals surface area contributed by atoms with Gasteiger partial charge in [-0.3, -0.25) is 4.79 Å². The standard InChI is InChI=1S/C20H17NOS/c1-16(22)21-17-12-14-20(15-13-17)23(18-8-4-2-5-9-18)19-10-6-3-7-11-19/h2-15H,1H3/p+1. The Kier molecular flexibility index (Phi) is 4.79. The molecule has 23 heavy (non-hydrogen) atoms. The molecule has 114 valence electrons. The van der Waals surface area contributed by atoms with Gasteiger partial charge in [0.05, 0.1) is 10.9 Å². The molecule has 1 amide bonds. The van der Waals surface area contributed by atoms with Crippen molar-refractivity contribution in [2.75, 3.05) is 5.32 Å². The number of amides is 1. The highest BCUT2D eigenvalue weighted by atomic mass is 32.2. The molecule has 0 saturated carbocycles. The highest BCUT2D eigenvalue weighted by Crippen LogP contribution is 2.31. The monoisotopic (exact) mass is 320 g/mol. The van der Waals surface area contributed by atoms with Gasteiger partial charge in [0, 0.05) is 12.6 Å². The minimum Gasteiger partial charge on any atom is -0.326 e. The number of rotatable bonds is 4. The van der Waals surface area contributed by atoms with Gasteiger partial charge in [0.1, 0.15) is 0 Å².